The van der Waals surface area contributed by atoms with E-state index in [1.165, 1.54) is 27.9 Å². The molecule has 182 valence electrons. The number of thiazole rings is 1. The number of hydrogen-bond acceptors (Lipinski definition) is 5. The predicted molar refractivity (Wildman–Crippen MR) is 132 cm³/mol. The van der Waals surface area contributed by atoms with Crippen LogP contribution in [0.2, 0.25) is 0 Å². The van der Waals surface area contributed by atoms with Gasteiger partial charge in [0.15, 0.2) is 16.5 Å². The van der Waals surface area contributed by atoms with Gasteiger partial charge in [-0.1, -0.05) is 38.1 Å². The summed E-state index contributed by atoms with van der Waals surface area (Å²) in [4.78, 5) is 18.4. The van der Waals surface area contributed by atoms with Crippen LogP contribution >= 0.6 is 11.3 Å². The van der Waals surface area contributed by atoms with Crippen molar-refractivity contribution >= 4 is 28.4 Å². The van der Waals surface area contributed by atoms with Crippen molar-refractivity contribution in [3.63, 3.8) is 0 Å². The third-order valence-electron chi connectivity index (χ3n) is 5.21. The zero-order valence-corrected chi connectivity index (χ0v) is 20.1. The zero-order valence-electron chi connectivity index (χ0n) is 19.3. The summed E-state index contributed by atoms with van der Waals surface area (Å²) in [5, 5.41) is 1.73. The Morgan fingerprint density at radius 2 is 1.86 bits per heavy atom. The molecule has 2 aromatic carbocycles. The highest BCUT2D eigenvalue weighted by molar-refractivity contribution is 7.15. The third-order valence-corrected chi connectivity index (χ3v) is 5.96. The molecule has 0 saturated heterocycles. The molecule has 0 radical (unpaired) electrons. The fourth-order valence-electron chi connectivity index (χ4n) is 3.51. The van der Waals surface area contributed by atoms with Gasteiger partial charge in [0.2, 0.25) is 0 Å². The van der Waals surface area contributed by atoms with Gasteiger partial charge in [0, 0.05) is 17.1 Å². The van der Waals surface area contributed by atoms with E-state index in [0.29, 0.717) is 40.2 Å². The molecule has 0 N–H and O–H groups in total. The van der Waals surface area contributed by atoms with Crippen LogP contribution in [0.4, 0.5) is 13.2 Å². The van der Waals surface area contributed by atoms with Gasteiger partial charge in [0.25, 0.3) is 5.56 Å². The van der Waals surface area contributed by atoms with Crippen molar-refractivity contribution in [2.75, 3.05) is 13.7 Å². The summed E-state index contributed by atoms with van der Waals surface area (Å²) in [7, 11) is 1.56. The number of methoxy groups -OCH3 is 1. The van der Waals surface area contributed by atoms with Gasteiger partial charge < -0.3 is 9.47 Å². The molecule has 0 fully saturated rings. The lowest BCUT2D eigenvalue weighted by molar-refractivity contribution is -0.137. The van der Waals surface area contributed by atoms with Crippen LogP contribution < -0.4 is 15.0 Å². The molecule has 0 spiro atoms. The van der Waals surface area contributed by atoms with Crippen molar-refractivity contribution in [3.05, 3.63) is 81.2 Å². The standard InChI is InChI=1S/C26H23F3N2O3S/c1-16(2)15-34-23-18(5-4-6-21(23)33-3)9-12-20-22(24(32)31-13-14-35-25(31)30-20)17-7-10-19(11-8-17)26(27,28)29/h4-14,16H,15H2,1-3H3. The van der Waals surface area contributed by atoms with Crippen molar-refractivity contribution < 1.29 is 22.6 Å². The first kappa shape index (κ1) is 24.5. The van der Waals surface area contributed by atoms with Crippen LogP contribution in [0.5, 0.6) is 11.5 Å². The molecular weight excluding hydrogens is 477 g/mol. The fourth-order valence-corrected chi connectivity index (χ4v) is 4.22. The van der Waals surface area contributed by atoms with E-state index < -0.39 is 11.7 Å². The van der Waals surface area contributed by atoms with Crippen LogP contribution in [-0.4, -0.2) is 23.1 Å². The largest absolute Gasteiger partial charge is 0.493 e. The maximum absolute atomic E-state index is 13.3. The van der Waals surface area contributed by atoms with Crippen molar-refractivity contribution in [2.24, 2.45) is 5.92 Å². The first-order valence-electron chi connectivity index (χ1n) is 10.8. The van der Waals surface area contributed by atoms with E-state index in [-0.39, 0.29) is 11.1 Å². The SMILES string of the molecule is COc1cccc(C=Cc2nc3sccn3c(=O)c2-c2ccc(C(F)(F)F)cc2)c1OCC(C)C. The molecule has 0 saturated carbocycles. The maximum Gasteiger partial charge on any atom is 0.416 e. The van der Waals surface area contributed by atoms with E-state index in [4.69, 9.17) is 9.47 Å². The molecule has 5 nitrogen and oxygen atoms in total. The molecule has 2 heterocycles. The monoisotopic (exact) mass is 500 g/mol. The van der Waals surface area contributed by atoms with E-state index in [2.05, 4.69) is 4.98 Å². The Morgan fingerprint density at radius 1 is 1.11 bits per heavy atom. The molecule has 0 aliphatic carbocycles. The molecular formula is C26H23F3N2O3S. The molecule has 4 rings (SSSR count). The lowest BCUT2D eigenvalue weighted by atomic mass is 10.0. The van der Waals surface area contributed by atoms with Crippen LogP contribution in [0.3, 0.4) is 0 Å². The van der Waals surface area contributed by atoms with E-state index >= 15 is 0 Å². The van der Waals surface area contributed by atoms with Crippen molar-refractivity contribution in [3.8, 4) is 22.6 Å². The summed E-state index contributed by atoms with van der Waals surface area (Å²) in [6.07, 6.45) is 0.559. The number of ether oxygens (including phenoxy) is 2. The van der Waals surface area contributed by atoms with E-state index in [0.717, 1.165) is 17.7 Å². The van der Waals surface area contributed by atoms with Gasteiger partial charge in [-0.05, 0) is 41.8 Å². The summed E-state index contributed by atoms with van der Waals surface area (Å²) < 4.78 is 52.0. The minimum Gasteiger partial charge on any atom is -0.493 e. The highest BCUT2D eigenvalue weighted by Crippen LogP contribution is 2.34. The normalized spacial score (nSPS) is 12.1. The van der Waals surface area contributed by atoms with Gasteiger partial charge in [-0.3, -0.25) is 9.20 Å². The quantitative estimate of drug-likeness (QED) is 0.285. The lowest BCUT2D eigenvalue weighted by Crippen LogP contribution is -2.17. The van der Waals surface area contributed by atoms with Gasteiger partial charge in [-0.2, -0.15) is 13.2 Å². The van der Waals surface area contributed by atoms with Crippen molar-refractivity contribution in [2.45, 2.75) is 20.0 Å². The van der Waals surface area contributed by atoms with Gasteiger partial charge in [-0.15, -0.1) is 11.3 Å². The maximum atomic E-state index is 13.3. The zero-order chi connectivity index (χ0) is 25.2. The number of fused-ring (bicyclic) bond motifs is 1. The lowest BCUT2D eigenvalue weighted by Gasteiger charge is -2.15. The average Bonchev–Trinajstić information content (AvgIpc) is 3.30. The predicted octanol–water partition coefficient (Wildman–Crippen LogP) is 6.66. The Kier molecular flexibility index (Phi) is 6.98. The molecule has 9 heteroatoms. The first-order valence-corrected chi connectivity index (χ1v) is 11.7. The highest BCUT2D eigenvalue weighted by atomic mass is 32.1. The van der Waals surface area contributed by atoms with Crippen LogP contribution in [0.1, 0.15) is 30.7 Å². The Balaban J connectivity index is 1.83. The van der Waals surface area contributed by atoms with Crippen LogP contribution in [-0.2, 0) is 6.18 Å². The molecule has 0 aliphatic rings. The second kappa shape index (κ2) is 9.95. The summed E-state index contributed by atoms with van der Waals surface area (Å²) in [5.41, 5.74) is 0.464. The Hall–Kier alpha value is -3.59. The number of rotatable bonds is 7. The molecule has 2 aromatic heterocycles. The molecule has 0 amide bonds. The van der Waals surface area contributed by atoms with E-state index in [1.54, 1.807) is 36.9 Å². The number of benzene rings is 2. The second-order valence-electron chi connectivity index (χ2n) is 8.22. The number of nitrogens with zero attached hydrogens (tertiary/aromatic N) is 2. The average molecular weight is 501 g/mol. The summed E-state index contributed by atoms with van der Waals surface area (Å²) >= 11 is 1.29. The highest BCUT2D eigenvalue weighted by Gasteiger charge is 2.30. The van der Waals surface area contributed by atoms with Gasteiger partial charge >= 0.3 is 6.18 Å². The smallest absolute Gasteiger partial charge is 0.416 e. The number of aromatic nitrogens is 2. The second-order valence-corrected chi connectivity index (χ2v) is 9.10. The van der Waals surface area contributed by atoms with Gasteiger partial charge in [0.05, 0.1) is 30.5 Å². The number of para-hydroxylation sites is 1. The molecule has 4 aromatic rings. The van der Waals surface area contributed by atoms with Crippen LogP contribution in [0.25, 0.3) is 28.2 Å². The third kappa shape index (κ3) is 5.24. The summed E-state index contributed by atoms with van der Waals surface area (Å²) in [6, 6.07) is 9.98. The Morgan fingerprint density at radius 3 is 2.51 bits per heavy atom. The minimum absolute atomic E-state index is 0.207. The molecule has 0 aliphatic heterocycles. The summed E-state index contributed by atoms with van der Waals surface area (Å²) in [5.74, 6) is 1.42. The van der Waals surface area contributed by atoms with E-state index in [1.807, 2.05) is 26.0 Å². The number of halogens is 3. The Labute approximate surface area is 204 Å². The van der Waals surface area contributed by atoms with Crippen LogP contribution in [0, 0.1) is 5.92 Å². The Bertz CT molecular complexity index is 1420. The fraction of sp³-hybridized carbons (Fsp3) is 0.231. The van der Waals surface area contributed by atoms with Gasteiger partial charge in [-0.25, -0.2) is 4.98 Å². The number of hydrogen-bond donors (Lipinski definition) is 0. The molecule has 35 heavy (non-hydrogen) atoms. The van der Waals surface area contributed by atoms with Crippen LogP contribution in [0.15, 0.2) is 58.8 Å². The van der Waals surface area contributed by atoms with Crippen molar-refractivity contribution in [1.29, 1.82) is 0 Å². The van der Waals surface area contributed by atoms with Crippen molar-refractivity contribution in [1.82, 2.24) is 9.38 Å². The topological polar surface area (TPSA) is 52.8 Å². The minimum atomic E-state index is -4.47. The first-order chi connectivity index (χ1) is 16.7. The summed E-state index contributed by atoms with van der Waals surface area (Å²) in [6.45, 7) is 4.56. The van der Waals surface area contributed by atoms with Gasteiger partial charge in [0.1, 0.15) is 0 Å². The van der Waals surface area contributed by atoms with E-state index in [9.17, 15) is 18.0 Å². The number of alkyl halides is 3. The molecule has 0 atom stereocenters. The molecule has 0 bridgehead atoms. The molecule has 0 unspecified atom stereocenters.